The van der Waals surface area contributed by atoms with Crippen LogP contribution in [0.1, 0.15) is 18.1 Å². The second kappa shape index (κ2) is 12.8. The Morgan fingerprint density at radius 2 is 1.58 bits per heavy atom. The van der Waals surface area contributed by atoms with E-state index in [-0.39, 0.29) is 17.3 Å². The molecule has 1 heterocycles. The average molecular weight is 534 g/mol. The number of amides is 1. The van der Waals surface area contributed by atoms with Crippen LogP contribution in [0, 0.1) is 6.92 Å². The van der Waals surface area contributed by atoms with Gasteiger partial charge in [-0.1, -0.05) is 60.2 Å². The van der Waals surface area contributed by atoms with E-state index in [4.69, 9.17) is 4.74 Å². The van der Waals surface area contributed by atoms with Crippen LogP contribution in [-0.4, -0.2) is 70.0 Å². The van der Waals surface area contributed by atoms with Gasteiger partial charge in [0.25, 0.3) is 10.0 Å². The molecule has 7 nitrogen and oxygen atoms in total. The van der Waals surface area contributed by atoms with E-state index in [9.17, 15) is 13.2 Å². The highest BCUT2D eigenvalue weighted by Gasteiger charge is 2.30. The minimum Gasteiger partial charge on any atom is -0.494 e. The number of aryl methyl sites for hydroxylation is 1. The molecule has 38 heavy (non-hydrogen) atoms. The Morgan fingerprint density at radius 3 is 2.21 bits per heavy atom. The molecule has 0 N–H and O–H groups in total. The van der Waals surface area contributed by atoms with Crippen LogP contribution >= 0.6 is 0 Å². The van der Waals surface area contributed by atoms with Gasteiger partial charge in [0, 0.05) is 32.7 Å². The van der Waals surface area contributed by atoms with Gasteiger partial charge in [0.05, 0.1) is 17.2 Å². The van der Waals surface area contributed by atoms with Gasteiger partial charge in [-0.25, -0.2) is 8.42 Å². The van der Waals surface area contributed by atoms with Gasteiger partial charge < -0.3 is 9.64 Å². The Balaban J connectivity index is 1.44. The highest BCUT2D eigenvalue weighted by molar-refractivity contribution is 7.92. The molecule has 0 saturated carbocycles. The highest BCUT2D eigenvalue weighted by atomic mass is 32.2. The molecule has 0 radical (unpaired) electrons. The summed E-state index contributed by atoms with van der Waals surface area (Å²) in [5.74, 6) is 0.432. The van der Waals surface area contributed by atoms with E-state index in [2.05, 4.69) is 29.2 Å². The van der Waals surface area contributed by atoms with Gasteiger partial charge in [-0.2, -0.15) is 0 Å². The van der Waals surface area contributed by atoms with E-state index in [0.29, 0.717) is 31.1 Å². The van der Waals surface area contributed by atoms with Gasteiger partial charge in [-0.15, -0.1) is 0 Å². The Labute approximate surface area is 226 Å². The van der Waals surface area contributed by atoms with Crippen molar-refractivity contribution in [2.45, 2.75) is 18.7 Å². The summed E-state index contributed by atoms with van der Waals surface area (Å²) in [6.45, 7) is 7.42. The number of sulfonamides is 1. The first-order valence-corrected chi connectivity index (χ1v) is 14.3. The first-order chi connectivity index (χ1) is 18.4. The van der Waals surface area contributed by atoms with Crippen molar-refractivity contribution in [1.29, 1.82) is 0 Å². The number of hydrogen-bond donors (Lipinski definition) is 0. The van der Waals surface area contributed by atoms with Crippen LogP contribution in [0.2, 0.25) is 0 Å². The summed E-state index contributed by atoms with van der Waals surface area (Å²) in [6.07, 6.45) is 4.23. The van der Waals surface area contributed by atoms with Crippen LogP contribution < -0.4 is 9.04 Å². The van der Waals surface area contributed by atoms with E-state index in [1.807, 2.05) is 32.0 Å². The zero-order valence-corrected chi connectivity index (χ0v) is 22.8. The standard InChI is InChI=1S/C30H35N3O4S/c1-3-37-28-15-13-27(14-16-28)33(38(35,36)29-17-11-25(2)12-18-29)24-30(34)32-22-20-31(21-23-32)19-7-10-26-8-5-4-6-9-26/h4-18H,3,19-24H2,1-2H3/b10-7+. The highest BCUT2D eigenvalue weighted by Crippen LogP contribution is 2.26. The Morgan fingerprint density at radius 1 is 0.921 bits per heavy atom. The zero-order chi connectivity index (χ0) is 27.0. The second-order valence-corrected chi connectivity index (χ2v) is 11.1. The summed E-state index contributed by atoms with van der Waals surface area (Å²) in [6, 6.07) is 23.6. The molecule has 3 aromatic rings. The van der Waals surface area contributed by atoms with Crippen molar-refractivity contribution in [1.82, 2.24) is 9.80 Å². The third-order valence-corrected chi connectivity index (χ3v) is 8.31. The van der Waals surface area contributed by atoms with Crippen molar-refractivity contribution in [3.05, 3.63) is 96.1 Å². The molecule has 1 fully saturated rings. The normalized spacial score (nSPS) is 14.5. The quantitative estimate of drug-likeness (QED) is 0.385. The molecular weight excluding hydrogens is 498 g/mol. The van der Waals surface area contributed by atoms with Crippen LogP contribution in [0.15, 0.2) is 89.8 Å². The van der Waals surface area contributed by atoms with Gasteiger partial charge in [0.2, 0.25) is 5.91 Å². The van der Waals surface area contributed by atoms with E-state index in [0.717, 1.165) is 30.8 Å². The van der Waals surface area contributed by atoms with Gasteiger partial charge >= 0.3 is 0 Å². The maximum atomic E-state index is 13.7. The van der Waals surface area contributed by atoms with Crippen LogP contribution in [0.25, 0.3) is 6.08 Å². The van der Waals surface area contributed by atoms with Crippen molar-refractivity contribution in [2.24, 2.45) is 0 Å². The number of benzene rings is 3. The van der Waals surface area contributed by atoms with Crippen molar-refractivity contribution >= 4 is 27.7 Å². The van der Waals surface area contributed by atoms with Crippen molar-refractivity contribution in [3.8, 4) is 5.75 Å². The molecule has 1 saturated heterocycles. The first-order valence-electron chi connectivity index (χ1n) is 12.9. The van der Waals surface area contributed by atoms with E-state index in [1.165, 1.54) is 4.31 Å². The molecule has 1 aliphatic rings. The summed E-state index contributed by atoms with van der Waals surface area (Å²) in [4.78, 5) is 17.5. The smallest absolute Gasteiger partial charge is 0.264 e. The summed E-state index contributed by atoms with van der Waals surface area (Å²) >= 11 is 0. The summed E-state index contributed by atoms with van der Waals surface area (Å²) in [7, 11) is -3.95. The topological polar surface area (TPSA) is 70.2 Å². The number of ether oxygens (including phenoxy) is 1. The van der Waals surface area contributed by atoms with Crippen LogP contribution in [0.5, 0.6) is 5.75 Å². The largest absolute Gasteiger partial charge is 0.494 e. The van der Waals surface area contributed by atoms with E-state index in [1.54, 1.807) is 53.4 Å². The minimum absolute atomic E-state index is 0.153. The fourth-order valence-corrected chi connectivity index (χ4v) is 5.75. The van der Waals surface area contributed by atoms with E-state index < -0.39 is 10.0 Å². The maximum absolute atomic E-state index is 13.7. The Kier molecular flexibility index (Phi) is 9.20. The SMILES string of the molecule is CCOc1ccc(N(CC(=O)N2CCN(C/C=C/c3ccccc3)CC2)S(=O)(=O)c2ccc(C)cc2)cc1. The number of anilines is 1. The summed E-state index contributed by atoms with van der Waals surface area (Å²) in [5, 5.41) is 0. The van der Waals surface area contributed by atoms with Crippen LogP contribution in [0.3, 0.4) is 0 Å². The fraction of sp³-hybridized carbons (Fsp3) is 0.300. The lowest BCUT2D eigenvalue weighted by molar-refractivity contribution is -0.131. The van der Waals surface area contributed by atoms with Gasteiger partial charge in [0.15, 0.2) is 0 Å². The maximum Gasteiger partial charge on any atom is 0.264 e. The van der Waals surface area contributed by atoms with Crippen molar-refractivity contribution in [3.63, 3.8) is 0 Å². The lowest BCUT2D eigenvalue weighted by atomic mass is 10.2. The first kappa shape index (κ1) is 27.4. The fourth-order valence-electron chi connectivity index (χ4n) is 4.33. The molecule has 1 amide bonds. The third kappa shape index (κ3) is 7.02. The molecule has 200 valence electrons. The van der Waals surface area contributed by atoms with Gasteiger partial charge in [-0.05, 0) is 55.8 Å². The number of carbonyl (C=O) groups excluding carboxylic acids is 1. The number of carbonyl (C=O) groups is 1. The van der Waals surface area contributed by atoms with Gasteiger partial charge in [0.1, 0.15) is 12.3 Å². The molecule has 3 aromatic carbocycles. The molecule has 0 unspecified atom stereocenters. The number of nitrogens with zero attached hydrogens (tertiary/aromatic N) is 3. The predicted molar refractivity (Wildman–Crippen MR) is 152 cm³/mol. The van der Waals surface area contributed by atoms with Crippen LogP contribution in [0.4, 0.5) is 5.69 Å². The molecule has 4 rings (SSSR count). The molecule has 0 bridgehead atoms. The third-order valence-electron chi connectivity index (χ3n) is 6.52. The van der Waals surface area contributed by atoms with E-state index >= 15 is 0 Å². The predicted octanol–water partition coefficient (Wildman–Crippen LogP) is 4.45. The number of piperazine rings is 1. The lowest BCUT2D eigenvalue weighted by Crippen LogP contribution is -2.51. The lowest BCUT2D eigenvalue weighted by Gasteiger charge is -2.35. The Bertz CT molecular complexity index is 1320. The molecule has 0 spiro atoms. The monoisotopic (exact) mass is 533 g/mol. The molecular formula is C30H35N3O4S. The molecule has 0 aromatic heterocycles. The Hall–Kier alpha value is -3.62. The van der Waals surface area contributed by atoms with Crippen molar-refractivity contribution in [2.75, 3.05) is 50.2 Å². The second-order valence-electron chi connectivity index (χ2n) is 9.25. The molecule has 0 atom stereocenters. The molecule has 0 aliphatic carbocycles. The minimum atomic E-state index is -3.95. The number of rotatable bonds is 10. The summed E-state index contributed by atoms with van der Waals surface area (Å²) < 4.78 is 34.0. The summed E-state index contributed by atoms with van der Waals surface area (Å²) in [5.41, 5.74) is 2.54. The molecule has 8 heteroatoms. The van der Waals surface area contributed by atoms with Gasteiger partial charge in [-0.3, -0.25) is 14.0 Å². The number of hydrogen-bond acceptors (Lipinski definition) is 5. The van der Waals surface area contributed by atoms with Crippen molar-refractivity contribution < 1.29 is 17.9 Å². The zero-order valence-electron chi connectivity index (χ0n) is 22.0. The molecule has 1 aliphatic heterocycles. The van der Waals surface area contributed by atoms with Crippen LogP contribution in [-0.2, 0) is 14.8 Å². The average Bonchev–Trinajstić information content (AvgIpc) is 2.93.